The van der Waals surface area contributed by atoms with Crippen LogP contribution in [0.3, 0.4) is 0 Å². The number of Topliss-reactive ketones (excluding diaryl/α,β-unsaturated/α-hetero) is 1. The first-order valence-corrected chi connectivity index (χ1v) is 6.20. The van der Waals surface area contributed by atoms with E-state index in [1.165, 1.54) is 24.3 Å². The Hall–Kier alpha value is -1.62. The lowest BCUT2D eigenvalue weighted by Crippen LogP contribution is -2.09. The fourth-order valence-corrected chi connectivity index (χ4v) is 2.04. The number of rotatable bonds is 3. The van der Waals surface area contributed by atoms with Crippen LogP contribution in [0.1, 0.15) is 15.9 Å². The van der Waals surface area contributed by atoms with Crippen molar-refractivity contribution >= 4 is 21.7 Å². The van der Waals surface area contributed by atoms with Gasteiger partial charge in [-0.15, -0.1) is 0 Å². The quantitative estimate of drug-likeness (QED) is 0.768. The van der Waals surface area contributed by atoms with Crippen molar-refractivity contribution in [2.45, 2.75) is 6.42 Å². The van der Waals surface area contributed by atoms with E-state index >= 15 is 0 Å². The summed E-state index contributed by atoms with van der Waals surface area (Å²) in [6.45, 7) is 0. The Balaban J connectivity index is 2.34. The molecule has 0 spiro atoms. The second kappa shape index (κ2) is 5.57. The van der Waals surface area contributed by atoms with E-state index in [0.717, 1.165) is 12.1 Å². The van der Waals surface area contributed by atoms with Crippen molar-refractivity contribution in [2.24, 2.45) is 0 Å². The Labute approximate surface area is 116 Å². The SMILES string of the molecule is O=C(Cc1c(F)cccc1F)c1cccc(Br)c1F. The molecule has 0 N–H and O–H groups in total. The number of hydrogen-bond acceptors (Lipinski definition) is 1. The van der Waals surface area contributed by atoms with E-state index in [9.17, 15) is 18.0 Å². The summed E-state index contributed by atoms with van der Waals surface area (Å²) < 4.78 is 40.7. The molecular weight excluding hydrogens is 321 g/mol. The Morgan fingerprint density at radius 1 is 1.00 bits per heavy atom. The van der Waals surface area contributed by atoms with Crippen molar-refractivity contribution in [3.8, 4) is 0 Å². The van der Waals surface area contributed by atoms with Crippen LogP contribution in [0.15, 0.2) is 40.9 Å². The molecule has 0 aliphatic heterocycles. The van der Waals surface area contributed by atoms with Gasteiger partial charge in [0.2, 0.25) is 0 Å². The molecule has 0 bridgehead atoms. The Kier molecular flexibility index (Phi) is 4.04. The van der Waals surface area contributed by atoms with Crippen molar-refractivity contribution < 1.29 is 18.0 Å². The highest BCUT2D eigenvalue weighted by atomic mass is 79.9. The normalized spacial score (nSPS) is 10.5. The first kappa shape index (κ1) is 13.8. The lowest BCUT2D eigenvalue weighted by molar-refractivity contribution is 0.0986. The van der Waals surface area contributed by atoms with Gasteiger partial charge in [-0.3, -0.25) is 4.79 Å². The summed E-state index contributed by atoms with van der Waals surface area (Å²) in [4.78, 5) is 11.9. The summed E-state index contributed by atoms with van der Waals surface area (Å²) >= 11 is 2.95. The highest BCUT2D eigenvalue weighted by Crippen LogP contribution is 2.21. The summed E-state index contributed by atoms with van der Waals surface area (Å²) in [5.74, 6) is -3.04. The lowest BCUT2D eigenvalue weighted by atomic mass is 10.0. The Morgan fingerprint density at radius 3 is 2.21 bits per heavy atom. The van der Waals surface area contributed by atoms with Gasteiger partial charge in [-0.2, -0.15) is 0 Å². The number of halogens is 4. The predicted octanol–water partition coefficient (Wildman–Crippen LogP) is 4.29. The van der Waals surface area contributed by atoms with E-state index in [1.54, 1.807) is 0 Å². The van der Waals surface area contributed by atoms with E-state index in [4.69, 9.17) is 0 Å². The fourth-order valence-electron chi connectivity index (χ4n) is 1.68. The second-order valence-corrected chi connectivity index (χ2v) is 4.76. The molecular formula is C14H8BrF3O. The molecule has 0 radical (unpaired) electrons. The van der Waals surface area contributed by atoms with Crippen LogP contribution in [0.5, 0.6) is 0 Å². The molecule has 19 heavy (non-hydrogen) atoms. The summed E-state index contributed by atoms with van der Waals surface area (Å²) in [7, 11) is 0. The first-order chi connectivity index (χ1) is 9.00. The van der Waals surface area contributed by atoms with Crippen LogP contribution in [-0.4, -0.2) is 5.78 Å². The smallest absolute Gasteiger partial charge is 0.170 e. The van der Waals surface area contributed by atoms with Crippen LogP contribution in [-0.2, 0) is 6.42 Å². The van der Waals surface area contributed by atoms with Crippen molar-refractivity contribution in [1.29, 1.82) is 0 Å². The fraction of sp³-hybridized carbons (Fsp3) is 0.0714. The van der Waals surface area contributed by atoms with Gasteiger partial charge >= 0.3 is 0 Å². The lowest BCUT2D eigenvalue weighted by Gasteiger charge is -2.06. The standard InChI is InChI=1S/C14H8BrF3O/c15-10-4-1-3-8(14(10)18)13(19)7-9-11(16)5-2-6-12(9)17/h1-6H,7H2. The highest BCUT2D eigenvalue weighted by Gasteiger charge is 2.18. The molecule has 0 saturated heterocycles. The Morgan fingerprint density at radius 2 is 1.58 bits per heavy atom. The Bertz CT molecular complexity index is 620. The first-order valence-electron chi connectivity index (χ1n) is 5.41. The molecule has 1 nitrogen and oxygen atoms in total. The summed E-state index contributed by atoms with van der Waals surface area (Å²) in [5.41, 5.74) is -0.552. The minimum Gasteiger partial charge on any atom is -0.294 e. The summed E-state index contributed by atoms with van der Waals surface area (Å²) in [5, 5.41) is 0. The van der Waals surface area contributed by atoms with Gasteiger partial charge < -0.3 is 0 Å². The zero-order valence-electron chi connectivity index (χ0n) is 9.59. The van der Waals surface area contributed by atoms with Crippen molar-refractivity contribution in [1.82, 2.24) is 0 Å². The molecule has 0 aromatic heterocycles. The molecule has 0 aliphatic rings. The van der Waals surface area contributed by atoms with Gasteiger partial charge in [0, 0.05) is 12.0 Å². The van der Waals surface area contributed by atoms with Crippen molar-refractivity contribution in [2.75, 3.05) is 0 Å². The second-order valence-electron chi connectivity index (χ2n) is 3.90. The van der Waals surface area contributed by atoms with Gasteiger partial charge in [0.1, 0.15) is 17.5 Å². The monoisotopic (exact) mass is 328 g/mol. The van der Waals surface area contributed by atoms with Crippen LogP contribution < -0.4 is 0 Å². The summed E-state index contributed by atoms with van der Waals surface area (Å²) in [6.07, 6.45) is -0.522. The van der Waals surface area contributed by atoms with Gasteiger partial charge in [0.05, 0.1) is 10.0 Å². The predicted molar refractivity (Wildman–Crippen MR) is 68.5 cm³/mol. The van der Waals surface area contributed by atoms with Crippen molar-refractivity contribution in [3.05, 3.63) is 69.4 Å². The molecule has 5 heteroatoms. The average molecular weight is 329 g/mol. The molecule has 2 rings (SSSR count). The molecule has 0 amide bonds. The van der Waals surface area contributed by atoms with E-state index in [2.05, 4.69) is 15.9 Å². The van der Waals surface area contributed by atoms with Gasteiger partial charge in [-0.1, -0.05) is 12.1 Å². The number of carbonyl (C=O) groups is 1. The van der Waals surface area contributed by atoms with Gasteiger partial charge in [0.25, 0.3) is 0 Å². The number of ketones is 1. The molecule has 2 aromatic carbocycles. The van der Waals surface area contributed by atoms with E-state index in [1.807, 2.05) is 0 Å². The van der Waals surface area contributed by atoms with E-state index in [0.29, 0.717) is 0 Å². The largest absolute Gasteiger partial charge is 0.294 e. The molecule has 0 unspecified atom stereocenters. The van der Waals surface area contributed by atoms with Crippen LogP contribution in [0.25, 0.3) is 0 Å². The minimum atomic E-state index is -0.816. The van der Waals surface area contributed by atoms with Crippen molar-refractivity contribution in [3.63, 3.8) is 0 Å². The van der Waals surface area contributed by atoms with Gasteiger partial charge in [0.15, 0.2) is 5.78 Å². The third-order valence-corrected chi connectivity index (χ3v) is 3.26. The minimum absolute atomic E-state index is 0.132. The third-order valence-electron chi connectivity index (χ3n) is 2.65. The molecule has 0 saturated carbocycles. The van der Waals surface area contributed by atoms with Crippen LogP contribution >= 0.6 is 15.9 Å². The highest BCUT2D eigenvalue weighted by molar-refractivity contribution is 9.10. The summed E-state index contributed by atoms with van der Waals surface area (Å²) in [6, 6.07) is 7.53. The van der Waals surface area contributed by atoms with Gasteiger partial charge in [-0.05, 0) is 40.2 Å². The average Bonchev–Trinajstić information content (AvgIpc) is 2.37. The van der Waals surface area contributed by atoms with Crippen LogP contribution in [0.2, 0.25) is 0 Å². The molecule has 0 aliphatic carbocycles. The molecule has 2 aromatic rings. The number of carbonyl (C=O) groups excluding carboxylic acids is 1. The molecule has 0 fully saturated rings. The van der Waals surface area contributed by atoms with E-state index < -0.39 is 29.7 Å². The maximum atomic E-state index is 13.7. The number of hydrogen-bond donors (Lipinski definition) is 0. The maximum Gasteiger partial charge on any atom is 0.170 e. The molecule has 98 valence electrons. The molecule has 0 atom stereocenters. The van der Waals surface area contributed by atoms with Crippen LogP contribution in [0, 0.1) is 17.5 Å². The zero-order valence-corrected chi connectivity index (χ0v) is 11.2. The third kappa shape index (κ3) is 2.87. The number of benzene rings is 2. The van der Waals surface area contributed by atoms with E-state index in [-0.39, 0.29) is 15.6 Å². The van der Waals surface area contributed by atoms with Crippen LogP contribution in [0.4, 0.5) is 13.2 Å². The topological polar surface area (TPSA) is 17.1 Å². The van der Waals surface area contributed by atoms with Gasteiger partial charge in [-0.25, -0.2) is 13.2 Å². The zero-order chi connectivity index (χ0) is 14.0. The maximum absolute atomic E-state index is 13.7. The molecule has 0 heterocycles.